The van der Waals surface area contributed by atoms with Gasteiger partial charge < -0.3 is 19.9 Å². The number of halogens is 1. The van der Waals surface area contributed by atoms with Crippen LogP contribution in [-0.2, 0) is 0 Å². The van der Waals surface area contributed by atoms with Crippen LogP contribution in [-0.4, -0.2) is 43.3 Å². The van der Waals surface area contributed by atoms with Crippen molar-refractivity contribution >= 4 is 23.1 Å². The molecular weight excluding hydrogens is 357 g/mol. The topological polar surface area (TPSA) is 53.5 Å². The zero-order valence-corrected chi connectivity index (χ0v) is 15.7. The molecule has 28 heavy (non-hydrogen) atoms. The molecule has 0 atom stereocenters. The Balaban J connectivity index is 1.41. The van der Waals surface area contributed by atoms with Gasteiger partial charge in [-0.3, -0.25) is 0 Å². The third-order valence-electron chi connectivity index (χ3n) is 4.76. The standard InChI is InChI=1S/C21H22FN5O/c1-28-19-4-2-3-17(15-19)24-21-23-10-9-20(25-21)27-13-11-26(12-14-27)18-7-5-16(22)6-8-18/h2-10,15H,11-14H2,1H3,(H,23,24,25). The van der Waals surface area contributed by atoms with Gasteiger partial charge in [-0.15, -0.1) is 0 Å². The number of benzene rings is 2. The summed E-state index contributed by atoms with van der Waals surface area (Å²) in [6.07, 6.45) is 1.76. The van der Waals surface area contributed by atoms with Gasteiger partial charge in [-0.1, -0.05) is 6.07 Å². The van der Waals surface area contributed by atoms with E-state index in [1.807, 2.05) is 42.5 Å². The summed E-state index contributed by atoms with van der Waals surface area (Å²) in [5, 5.41) is 3.22. The van der Waals surface area contributed by atoms with E-state index in [2.05, 4.69) is 25.1 Å². The Morgan fingerprint density at radius 1 is 0.964 bits per heavy atom. The molecule has 1 N–H and O–H groups in total. The van der Waals surface area contributed by atoms with Gasteiger partial charge in [-0.2, -0.15) is 4.98 Å². The highest BCUT2D eigenvalue weighted by atomic mass is 19.1. The van der Waals surface area contributed by atoms with Crippen LogP contribution in [0.3, 0.4) is 0 Å². The second-order valence-corrected chi connectivity index (χ2v) is 6.55. The van der Waals surface area contributed by atoms with Gasteiger partial charge in [-0.25, -0.2) is 9.37 Å². The van der Waals surface area contributed by atoms with E-state index in [0.29, 0.717) is 5.95 Å². The molecule has 6 nitrogen and oxygen atoms in total. The SMILES string of the molecule is COc1cccc(Nc2nccc(N3CCN(c4ccc(F)cc4)CC3)n2)c1. The molecule has 4 rings (SSSR count). The first-order chi connectivity index (χ1) is 13.7. The molecule has 0 spiro atoms. The molecule has 1 aromatic heterocycles. The number of hydrogen-bond acceptors (Lipinski definition) is 6. The Hall–Kier alpha value is -3.35. The first-order valence-corrected chi connectivity index (χ1v) is 9.21. The molecule has 1 aliphatic rings. The number of aromatic nitrogens is 2. The van der Waals surface area contributed by atoms with E-state index in [9.17, 15) is 4.39 Å². The smallest absolute Gasteiger partial charge is 0.229 e. The first kappa shape index (κ1) is 18.0. The van der Waals surface area contributed by atoms with Gasteiger partial charge in [0.25, 0.3) is 0 Å². The molecule has 0 saturated carbocycles. The van der Waals surface area contributed by atoms with Crippen molar-refractivity contribution in [2.75, 3.05) is 48.4 Å². The fourth-order valence-corrected chi connectivity index (χ4v) is 3.26. The number of rotatable bonds is 5. The molecule has 0 bridgehead atoms. The Bertz CT molecular complexity index is 926. The highest BCUT2D eigenvalue weighted by Gasteiger charge is 2.19. The molecule has 1 aliphatic heterocycles. The monoisotopic (exact) mass is 379 g/mol. The van der Waals surface area contributed by atoms with Gasteiger partial charge in [0.05, 0.1) is 7.11 Å². The van der Waals surface area contributed by atoms with Crippen molar-refractivity contribution < 1.29 is 9.13 Å². The third-order valence-corrected chi connectivity index (χ3v) is 4.76. The maximum Gasteiger partial charge on any atom is 0.229 e. The largest absolute Gasteiger partial charge is 0.497 e. The van der Waals surface area contributed by atoms with E-state index in [4.69, 9.17) is 4.74 Å². The minimum absolute atomic E-state index is 0.209. The van der Waals surface area contributed by atoms with Gasteiger partial charge in [0, 0.05) is 49.8 Å². The van der Waals surface area contributed by atoms with Crippen molar-refractivity contribution in [2.45, 2.75) is 0 Å². The van der Waals surface area contributed by atoms with Crippen molar-refractivity contribution in [3.05, 3.63) is 66.6 Å². The summed E-state index contributed by atoms with van der Waals surface area (Å²) in [5.41, 5.74) is 1.92. The molecule has 0 radical (unpaired) electrons. The van der Waals surface area contributed by atoms with Gasteiger partial charge >= 0.3 is 0 Å². The minimum atomic E-state index is -0.209. The first-order valence-electron chi connectivity index (χ1n) is 9.21. The normalized spacial score (nSPS) is 14.1. The van der Waals surface area contributed by atoms with Crippen molar-refractivity contribution in [3.8, 4) is 5.75 Å². The summed E-state index contributed by atoms with van der Waals surface area (Å²) in [7, 11) is 1.64. The molecule has 0 amide bonds. The van der Waals surface area contributed by atoms with Crippen LogP contribution in [0.15, 0.2) is 60.8 Å². The zero-order chi connectivity index (χ0) is 19.3. The van der Waals surface area contributed by atoms with Crippen LogP contribution in [0.5, 0.6) is 5.75 Å². The zero-order valence-electron chi connectivity index (χ0n) is 15.7. The van der Waals surface area contributed by atoms with Crippen LogP contribution in [0.1, 0.15) is 0 Å². The molecule has 7 heteroatoms. The lowest BCUT2D eigenvalue weighted by Gasteiger charge is -2.36. The van der Waals surface area contributed by atoms with E-state index in [0.717, 1.165) is 49.1 Å². The number of anilines is 4. The summed E-state index contributed by atoms with van der Waals surface area (Å²) in [4.78, 5) is 13.5. The van der Waals surface area contributed by atoms with Crippen LogP contribution in [0.25, 0.3) is 0 Å². The molecule has 2 heterocycles. The lowest BCUT2D eigenvalue weighted by atomic mass is 10.2. The number of piperazine rings is 1. The highest BCUT2D eigenvalue weighted by Crippen LogP contribution is 2.22. The minimum Gasteiger partial charge on any atom is -0.497 e. The summed E-state index contributed by atoms with van der Waals surface area (Å²) >= 11 is 0. The van der Waals surface area contributed by atoms with Gasteiger partial charge in [0.15, 0.2) is 0 Å². The Kier molecular flexibility index (Phi) is 5.23. The van der Waals surface area contributed by atoms with E-state index in [1.54, 1.807) is 13.3 Å². The molecule has 3 aromatic rings. The number of nitrogens with zero attached hydrogens (tertiary/aromatic N) is 4. The van der Waals surface area contributed by atoms with Crippen molar-refractivity contribution in [3.63, 3.8) is 0 Å². The van der Waals surface area contributed by atoms with Crippen LogP contribution in [0.4, 0.5) is 27.5 Å². The average Bonchev–Trinajstić information content (AvgIpc) is 2.75. The predicted octanol–water partition coefficient (Wildman–Crippen LogP) is 3.69. The van der Waals surface area contributed by atoms with Crippen LogP contribution in [0, 0.1) is 5.82 Å². The molecule has 1 saturated heterocycles. The van der Waals surface area contributed by atoms with Gasteiger partial charge in [0.2, 0.25) is 5.95 Å². The highest BCUT2D eigenvalue weighted by molar-refractivity contribution is 5.57. The quantitative estimate of drug-likeness (QED) is 0.730. The molecule has 2 aromatic carbocycles. The van der Waals surface area contributed by atoms with Crippen molar-refractivity contribution in [1.29, 1.82) is 0 Å². The van der Waals surface area contributed by atoms with E-state index < -0.39 is 0 Å². The number of nitrogens with one attached hydrogen (secondary N) is 1. The van der Waals surface area contributed by atoms with Crippen molar-refractivity contribution in [1.82, 2.24) is 9.97 Å². The van der Waals surface area contributed by atoms with Crippen molar-refractivity contribution in [2.24, 2.45) is 0 Å². The second-order valence-electron chi connectivity index (χ2n) is 6.55. The predicted molar refractivity (Wildman–Crippen MR) is 109 cm³/mol. The van der Waals surface area contributed by atoms with E-state index in [1.165, 1.54) is 12.1 Å². The fourth-order valence-electron chi connectivity index (χ4n) is 3.26. The molecular formula is C21H22FN5O. The summed E-state index contributed by atoms with van der Waals surface area (Å²) in [6.45, 7) is 3.39. The fraction of sp³-hybridized carbons (Fsp3) is 0.238. The van der Waals surface area contributed by atoms with Crippen LogP contribution < -0.4 is 19.9 Å². The summed E-state index contributed by atoms with van der Waals surface area (Å²) in [5.74, 6) is 2.00. The van der Waals surface area contributed by atoms with Crippen LogP contribution in [0.2, 0.25) is 0 Å². The maximum atomic E-state index is 13.1. The maximum absolute atomic E-state index is 13.1. The molecule has 1 fully saturated rings. The van der Waals surface area contributed by atoms with E-state index >= 15 is 0 Å². The Morgan fingerprint density at radius 3 is 2.46 bits per heavy atom. The molecule has 144 valence electrons. The second kappa shape index (κ2) is 8.12. The third kappa shape index (κ3) is 4.14. The summed E-state index contributed by atoms with van der Waals surface area (Å²) < 4.78 is 18.4. The summed E-state index contributed by atoms with van der Waals surface area (Å²) in [6, 6.07) is 16.2. The number of ether oxygens (including phenoxy) is 1. The van der Waals surface area contributed by atoms with Gasteiger partial charge in [-0.05, 0) is 42.5 Å². The molecule has 0 aliphatic carbocycles. The van der Waals surface area contributed by atoms with Crippen LogP contribution >= 0.6 is 0 Å². The number of methoxy groups -OCH3 is 1. The Morgan fingerprint density at radius 2 is 1.71 bits per heavy atom. The lowest BCUT2D eigenvalue weighted by Crippen LogP contribution is -2.46. The molecule has 0 unspecified atom stereocenters. The van der Waals surface area contributed by atoms with E-state index in [-0.39, 0.29) is 5.82 Å². The average molecular weight is 379 g/mol. The lowest BCUT2D eigenvalue weighted by molar-refractivity contribution is 0.415. The number of hydrogen-bond donors (Lipinski definition) is 1. The van der Waals surface area contributed by atoms with Gasteiger partial charge in [0.1, 0.15) is 17.4 Å². The Labute approximate surface area is 163 Å².